The topological polar surface area (TPSA) is 68.9 Å². The number of nitrogens with two attached hydrogens (primary N) is 1. The van der Waals surface area contributed by atoms with E-state index in [4.69, 9.17) is 15.2 Å². The summed E-state index contributed by atoms with van der Waals surface area (Å²) in [6, 6.07) is 7.58. The van der Waals surface area contributed by atoms with E-state index in [2.05, 4.69) is 24.2 Å². The van der Waals surface area contributed by atoms with Gasteiger partial charge in [0.25, 0.3) is 0 Å². The Hall–Kier alpha value is -1.75. The lowest BCUT2D eigenvalue weighted by molar-refractivity contribution is 0.0266. The molecule has 5 nitrogen and oxygen atoms in total. The Kier molecular flexibility index (Phi) is 7.61. The highest BCUT2D eigenvalue weighted by molar-refractivity contribution is 5.92. The van der Waals surface area contributed by atoms with Crippen LogP contribution in [-0.4, -0.2) is 32.3 Å². The van der Waals surface area contributed by atoms with Crippen molar-refractivity contribution < 1.29 is 9.47 Å². The number of benzene rings is 1. The van der Waals surface area contributed by atoms with E-state index in [-0.39, 0.29) is 6.10 Å². The number of aliphatic imine (C=N–C) groups is 1. The first-order valence-corrected chi connectivity index (χ1v) is 7.39. The summed E-state index contributed by atoms with van der Waals surface area (Å²) in [5.41, 5.74) is 6.75. The normalized spacial score (nSPS) is 13.3. The van der Waals surface area contributed by atoms with Gasteiger partial charge >= 0.3 is 0 Å². The van der Waals surface area contributed by atoms with Crippen molar-refractivity contribution in [3.8, 4) is 5.75 Å². The molecule has 0 bridgehead atoms. The van der Waals surface area contributed by atoms with Gasteiger partial charge in [0.05, 0.1) is 13.2 Å². The number of nitrogens with zero attached hydrogens (tertiary/aromatic N) is 1. The number of rotatable bonds is 8. The van der Waals surface area contributed by atoms with Crippen LogP contribution in [0, 0.1) is 5.92 Å². The Morgan fingerprint density at radius 1 is 1.38 bits per heavy atom. The quantitative estimate of drug-likeness (QED) is 0.571. The Labute approximate surface area is 127 Å². The zero-order chi connectivity index (χ0) is 15.7. The van der Waals surface area contributed by atoms with E-state index in [1.54, 1.807) is 7.11 Å². The smallest absolute Gasteiger partial charge is 0.193 e. The molecule has 21 heavy (non-hydrogen) atoms. The van der Waals surface area contributed by atoms with Crippen molar-refractivity contribution in [2.24, 2.45) is 16.6 Å². The molecule has 0 heterocycles. The fourth-order valence-electron chi connectivity index (χ4n) is 2.02. The Balaban J connectivity index is 2.48. The molecule has 1 atom stereocenters. The molecule has 1 aromatic rings. The summed E-state index contributed by atoms with van der Waals surface area (Å²) in [6.45, 7) is 7.69. The Morgan fingerprint density at radius 2 is 2.14 bits per heavy atom. The van der Waals surface area contributed by atoms with Gasteiger partial charge in [-0.3, -0.25) is 4.99 Å². The van der Waals surface area contributed by atoms with Crippen LogP contribution in [0.1, 0.15) is 27.2 Å². The lowest BCUT2D eigenvalue weighted by Crippen LogP contribution is -2.25. The molecular formula is C16H27N3O2. The third kappa shape index (κ3) is 6.49. The van der Waals surface area contributed by atoms with Gasteiger partial charge in [0.15, 0.2) is 5.96 Å². The van der Waals surface area contributed by atoms with Crippen molar-refractivity contribution in [1.82, 2.24) is 0 Å². The summed E-state index contributed by atoms with van der Waals surface area (Å²) in [4.78, 5) is 4.34. The van der Waals surface area contributed by atoms with Gasteiger partial charge in [-0.25, -0.2) is 0 Å². The van der Waals surface area contributed by atoms with E-state index in [0.717, 1.165) is 24.5 Å². The second-order valence-corrected chi connectivity index (χ2v) is 5.15. The SMILES string of the molecule is CCOC(CCN=C(N)Nc1cccc(OC)c1)C(C)C. The third-order valence-electron chi connectivity index (χ3n) is 3.16. The first-order chi connectivity index (χ1) is 10.1. The van der Waals surface area contributed by atoms with Gasteiger partial charge in [-0.15, -0.1) is 0 Å². The molecule has 0 aliphatic heterocycles. The molecular weight excluding hydrogens is 266 g/mol. The van der Waals surface area contributed by atoms with E-state index in [1.165, 1.54) is 0 Å². The fraction of sp³-hybridized carbons (Fsp3) is 0.562. The highest BCUT2D eigenvalue weighted by Crippen LogP contribution is 2.16. The molecule has 1 aromatic carbocycles. The van der Waals surface area contributed by atoms with Crippen LogP contribution < -0.4 is 15.8 Å². The zero-order valence-electron chi connectivity index (χ0n) is 13.4. The number of guanidine groups is 1. The van der Waals surface area contributed by atoms with E-state index in [0.29, 0.717) is 18.4 Å². The second-order valence-electron chi connectivity index (χ2n) is 5.15. The van der Waals surface area contributed by atoms with Gasteiger partial charge in [0.2, 0.25) is 0 Å². The highest BCUT2D eigenvalue weighted by Gasteiger charge is 2.12. The molecule has 0 saturated carbocycles. The van der Waals surface area contributed by atoms with Gasteiger partial charge < -0.3 is 20.5 Å². The molecule has 0 radical (unpaired) electrons. The van der Waals surface area contributed by atoms with E-state index < -0.39 is 0 Å². The highest BCUT2D eigenvalue weighted by atomic mass is 16.5. The molecule has 0 fully saturated rings. The van der Waals surface area contributed by atoms with E-state index in [9.17, 15) is 0 Å². The predicted octanol–water partition coefficient (Wildman–Crippen LogP) is 2.87. The maximum atomic E-state index is 5.89. The van der Waals surface area contributed by atoms with Gasteiger partial charge in [0.1, 0.15) is 5.75 Å². The monoisotopic (exact) mass is 293 g/mol. The largest absolute Gasteiger partial charge is 0.497 e. The molecule has 0 aliphatic rings. The Bertz CT molecular complexity index is 447. The average Bonchev–Trinajstić information content (AvgIpc) is 2.46. The van der Waals surface area contributed by atoms with Gasteiger partial charge in [-0.1, -0.05) is 19.9 Å². The number of nitrogens with one attached hydrogen (secondary N) is 1. The van der Waals surface area contributed by atoms with Crippen LogP contribution in [0.3, 0.4) is 0 Å². The van der Waals surface area contributed by atoms with Crippen molar-refractivity contribution in [2.75, 3.05) is 25.6 Å². The standard InChI is InChI=1S/C16H27N3O2/c1-5-21-15(12(2)3)9-10-18-16(17)19-13-7-6-8-14(11-13)20-4/h6-8,11-12,15H,5,9-10H2,1-4H3,(H3,17,18,19). The van der Waals surface area contributed by atoms with Crippen molar-refractivity contribution >= 4 is 11.6 Å². The van der Waals surface area contributed by atoms with Crippen LogP contribution in [0.15, 0.2) is 29.3 Å². The molecule has 0 saturated heterocycles. The first kappa shape index (κ1) is 17.3. The molecule has 1 rings (SSSR count). The van der Waals surface area contributed by atoms with Crippen LogP contribution in [-0.2, 0) is 4.74 Å². The minimum Gasteiger partial charge on any atom is -0.497 e. The first-order valence-electron chi connectivity index (χ1n) is 7.39. The summed E-state index contributed by atoms with van der Waals surface area (Å²) >= 11 is 0. The zero-order valence-corrected chi connectivity index (χ0v) is 13.4. The van der Waals surface area contributed by atoms with Gasteiger partial charge in [0, 0.05) is 24.9 Å². The maximum Gasteiger partial charge on any atom is 0.193 e. The second kappa shape index (κ2) is 9.23. The summed E-state index contributed by atoms with van der Waals surface area (Å²) in [7, 11) is 1.64. The predicted molar refractivity (Wildman–Crippen MR) is 88.0 cm³/mol. The van der Waals surface area contributed by atoms with Crippen molar-refractivity contribution in [3.63, 3.8) is 0 Å². The van der Waals surface area contributed by atoms with Crippen LogP contribution in [0.25, 0.3) is 0 Å². The number of hydrogen-bond donors (Lipinski definition) is 2. The summed E-state index contributed by atoms with van der Waals surface area (Å²) in [5.74, 6) is 1.67. The maximum absolute atomic E-state index is 5.89. The lowest BCUT2D eigenvalue weighted by atomic mass is 10.0. The molecule has 118 valence electrons. The lowest BCUT2D eigenvalue weighted by Gasteiger charge is -2.19. The van der Waals surface area contributed by atoms with Crippen LogP contribution in [0.4, 0.5) is 5.69 Å². The van der Waals surface area contributed by atoms with E-state index in [1.807, 2.05) is 31.2 Å². The van der Waals surface area contributed by atoms with Crippen LogP contribution in [0.5, 0.6) is 5.75 Å². The van der Waals surface area contributed by atoms with E-state index >= 15 is 0 Å². The molecule has 0 amide bonds. The average molecular weight is 293 g/mol. The summed E-state index contributed by atoms with van der Waals surface area (Å²) in [6.07, 6.45) is 1.09. The number of hydrogen-bond acceptors (Lipinski definition) is 3. The molecule has 0 spiro atoms. The molecule has 0 aromatic heterocycles. The third-order valence-corrected chi connectivity index (χ3v) is 3.16. The van der Waals surface area contributed by atoms with Gasteiger partial charge in [-0.05, 0) is 31.4 Å². The molecule has 3 N–H and O–H groups in total. The molecule has 0 aliphatic carbocycles. The number of methoxy groups -OCH3 is 1. The van der Waals surface area contributed by atoms with Gasteiger partial charge in [-0.2, -0.15) is 0 Å². The fourth-order valence-corrected chi connectivity index (χ4v) is 2.02. The Morgan fingerprint density at radius 3 is 2.76 bits per heavy atom. The van der Waals surface area contributed by atoms with Crippen molar-refractivity contribution in [3.05, 3.63) is 24.3 Å². The van der Waals surface area contributed by atoms with Crippen LogP contribution in [0.2, 0.25) is 0 Å². The molecule has 5 heteroatoms. The molecule has 1 unspecified atom stereocenters. The number of anilines is 1. The summed E-state index contributed by atoms with van der Waals surface area (Å²) in [5, 5.41) is 3.06. The minimum atomic E-state index is 0.225. The summed E-state index contributed by atoms with van der Waals surface area (Å²) < 4.78 is 10.9. The number of ether oxygens (including phenoxy) is 2. The van der Waals surface area contributed by atoms with Crippen LogP contribution >= 0.6 is 0 Å². The van der Waals surface area contributed by atoms with Crippen molar-refractivity contribution in [2.45, 2.75) is 33.3 Å². The van der Waals surface area contributed by atoms with Crippen molar-refractivity contribution in [1.29, 1.82) is 0 Å². The minimum absolute atomic E-state index is 0.225.